The first-order chi connectivity index (χ1) is 9.64. The number of hydrogen-bond donors (Lipinski definition) is 4. The third-order valence-electron chi connectivity index (χ3n) is 2.14. The highest BCUT2D eigenvalue weighted by Gasteiger charge is 2.18. The Balaban J connectivity index is 4.06. The Labute approximate surface area is 122 Å². The van der Waals surface area contributed by atoms with E-state index in [1.807, 2.05) is 0 Å². The van der Waals surface area contributed by atoms with Crippen molar-refractivity contribution in [2.45, 2.75) is 45.3 Å². The van der Waals surface area contributed by atoms with Gasteiger partial charge in [0.25, 0.3) is 5.96 Å². The Hall–Kier alpha value is -2.10. The number of nitro groups is 1. The number of hydrazine groups is 1. The monoisotopic (exact) mass is 305 g/mol. The fraction of sp³-hybridized carbons (Fsp3) is 0.818. The van der Waals surface area contributed by atoms with Crippen molar-refractivity contribution in [3.05, 3.63) is 10.1 Å². The summed E-state index contributed by atoms with van der Waals surface area (Å²) in [7, 11) is 0. The number of aliphatic imine (C=N–C) groups is 1. The minimum atomic E-state index is -0.806. The van der Waals surface area contributed by atoms with Crippen LogP contribution in [0.3, 0.4) is 0 Å². The number of nitrogens with one attached hydrogen (secondary N) is 2. The average molecular weight is 305 g/mol. The number of nitrogens with two attached hydrogens (primary N) is 1. The van der Waals surface area contributed by atoms with E-state index >= 15 is 0 Å². The summed E-state index contributed by atoms with van der Waals surface area (Å²) in [6, 6.07) is -0.472. The summed E-state index contributed by atoms with van der Waals surface area (Å²) in [5.74, 6) is -0.291. The first kappa shape index (κ1) is 18.9. The van der Waals surface area contributed by atoms with Crippen LogP contribution in [-0.2, 0) is 4.74 Å². The van der Waals surface area contributed by atoms with Crippen LogP contribution in [0.15, 0.2) is 4.99 Å². The van der Waals surface area contributed by atoms with Crippen LogP contribution in [0.2, 0.25) is 0 Å². The van der Waals surface area contributed by atoms with Crippen LogP contribution in [0.5, 0.6) is 0 Å². The summed E-state index contributed by atoms with van der Waals surface area (Å²) in [4.78, 5) is 25.3. The van der Waals surface area contributed by atoms with Crippen LogP contribution in [-0.4, -0.2) is 47.0 Å². The van der Waals surface area contributed by atoms with Crippen molar-refractivity contribution in [2.24, 2.45) is 10.7 Å². The van der Waals surface area contributed by atoms with Gasteiger partial charge >= 0.3 is 6.09 Å². The molecule has 0 radical (unpaired) electrons. The van der Waals surface area contributed by atoms with E-state index in [4.69, 9.17) is 15.6 Å². The number of ether oxygens (including phenoxy) is 1. The predicted octanol–water partition coefficient (Wildman–Crippen LogP) is -0.252. The minimum Gasteiger partial charge on any atom is -0.444 e. The molecule has 21 heavy (non-hydrogen) atoms. The number of rotatable bonds is 7. The topological polar surface area (TPSA) is 152 Å². The number of hydrogen-bond acceptors (Lipinski definition) is 6. The highest BCUT2D eigenvalue weighted by Crippen LogP contribution is 2.07. The lowest BCUT2D eigenvalue weighted by molar-refractivity contribution is -0.525. The van der Waals surface area contributed by atoms with Crippen molar-refractivity contribution in [1.82, 2.24) is 10.7 Å². The molecule has 0 rings (SSSR count). The number of carbonyl (C=O) groups excluding carboxylic acids is 1. The highest BCUT2D eigenvalue weighted by atomic mass is 16.7. The summed E-state index contributed by atoms with van der Waals surface area (Å²) in [5.41, 5.74) is 6.33. The van der Waals surface area contributed by atoms with Gasteiger partial charge < -0.3 is 20.9 Å². The Morgan fingerprint density at radius 1 is 1.52 bits per heavy atom. The molecule has 10 heteroatoms. The Morgan fingerprint density at radius 2 is 2.14 bits per heavy atom. The molecule has 0 spiro atoms. The van der Waals surface area contributed by atoms with Crippen molar-refractivity contribution in [3.63, 3.8) is 0 Å². The molecular weight excluding hydrogens is 282 g/mol. The van der Waals surface area contributed by atoms with Gasteiger partial charge in [-0.05, 0) is 33.6 Å². The van der Waals surface area contributed by atoms with E-state index in [1.165, 1.54) is 0 Å². The van der Waals surface area contributed by atoms with Gasteiger partial charge in [-0.3, -0.25) is 0 Å². The highest BCUT2D eigenvalue weighted by molar-refractivity contribution is 5.76. The van der Waals surface area contributed by atoms with Gasteiger partial charge in [0, 0.05) is 6.54 Å². The molecule has 0 aromatic heterocycles. The Kier molecular flexibility index (Phi) is 8.06. The van der Waals surface area contributed by atoms with Crippen LogP contribution >= 0.6 is 0 Å². The van der Waals surface area contributed by atoms with Gasteiger partial charge in [-0.15, -0.1) is 0 Å². The van der Waals surface area contributed by atoms with Crippen LogP contribution in [0.4, 0.5) is 4.79 Å². The van der Waals surface area contributed by atoms with E-state index in [2.05, 4.69) is 10.3 Å². The number of alkyl carbamates (subject to hydrolysis) is 1. The van der Waals surface area contributed by atoms with Crippen LogP contribution < -0.4 is 16.5 Å². The van der Waals surface area contributed by atoms with Gasteiger partial charge in [-0.1, -0.05) is 5.43 Å². The molecule has 1 atom stereocenters. The first-order valence-corrected chi connectivity index (χ1v) is 6.45. The maximum Gasteiger partial charge on any atom is 0.407 e. The zero-order valence-electron chi connectivity index (χ0n) is 12.5. The predicted molar refractivity (Wildman–Crippen MR) is 76.1 cm³/mol. The lowest BCUT2D eigenvalue weighted by Crippen LogP contribution is -2.41. The first-order valence-electron chi connectivity index (χ1n) is 6.45. The molecule has 0 heterocycles. The third-order valence-corrected chi connectivity index (χ3v) is 2.14. The van der Waals surface area contributed by atoms with Crippen molar-refractivity contribution in [2.75, 3.05) is 13.2 Å². The summed E-state index contributed by atoms with van der Waals surface area (Å²) < 4.78 is 5.06. The standard InChI is InChI=1S/C11H23N5O5/c1-11(2,3)21-10(18)14-8(7-17)5-4-6-13-9(12)15-16(19)20/h8,17H,4-7H2,1-3H3,(H,14,18)(H3,12,13,15). The zero-order valence-corrected chi connectivity index (χ0v) is 12.5. The maximum atomic E-state index is 11.5. The fourth-order valence-corrected chi connectivity index (χ4v) is 1.35. The summed E-state index contributed by atoms with van der Waals surface area (Å²) in [6.45, 7) is 5.20. The van der Waals surface area contributed by atoms with Crippen molar-refractivity contribution >= 4 is 12.1 Å². The second-order valence-corrected chi connectivity index (χ2v) is 5.30. The van der Waals surface area contributed by atoms with E-state index in [0.29, 0.717) is 12.8 Å². The number of amides is 1. The molecule has 0 aliphatic heterocycles. The molecule has 0 bridgehead atoms. The fourth-order valence-electron chi connectivity index (χ4n) is 1.35. The van der Waals surface area contributed by atoms with Crippen LogP contribution in [0.25, 0.3) is 0 Å². The average Bonchev–Trinajstić information content (AvgIpc) is 2.29. The number of nitrogens with zero attached hydrogens (tertiary/aromatic N) is 2. The molecule has 0 saturated heterocycles. The van der Waals surface area contributed by atoms with Gasteiger partial charge in [0.2, 0.25) is 0 Å². The lowest BCUT2D eigenvalue weighted by atomic mass is 10.1. The minimum absolute atomic E-state index is 0.235. The molecule has 0 aliphatic rings. The molecule has 0 aromatic carbocycles. The third kappa shape index (κ3) is 11.4. The Bertz CT molecular complexity index is 380. The molecule has 5 N–H and O–H groups in total. The molecule has 0 fully saturated rings. The zero-order chi connectivity index (χ0) is 16.5. The molecule has 0 saturated carbocycles. The van der Waals surface area contributed by atoms with Gasteiger partial charge in [0.15, 0.2) is 5.03 Å². The SMILES string of the molecule is CC(C)(C)OC(=O)NC(CO)CCCN=C(N)N[N+](=O)[O-]. The van der Waals surface area contributed by atoms with Crippen LogP contribution in [0.1, 0.15) is 33.6 Å². The van der Waals surface area contributed by atoms with Crippen molar-refractivity contribution in [3.8, 4) is 0 Å². The molecule has 1 unspecified atom stereocenters. The number of guanidine groups is 1. The number of aliphatic hydroxyl groups excluding tert-OH is 1. The van der Waals surface area contributed by atoms with Gasteiger partial charge in [-0.2, -0.15) is 0 Å². The summed E-state index contributed by atoms with van der Waals surface area (Å²) >= 11 is 0. The Morgan fingerprint density at radius 3 is 2.62 bits per heavy atom. The maximum absolute atomic E-state index is 11.5. The summed E-state index contributed by atoms with van der Waals surface area (Å²) in [5, 5.41) is 21.0. The molecule has 0 aliphatic carbocycles. The van der Waals surface area contributed by atoms with Crippen LogP contribution in [0, 0.1) is 10.1 Å². The van der Waals surface area contributed by atoms with Crippen molar-refractivity contribution in [1.29, 1.82) is 0 Å². The van der Waals surface area contributed by atoms with Crippen molar-refractivity contribution < 1.29 is 19.7 Å². The molecule has 1 amide bonds. The van der Waals surface area contributed by atoms with Gasteiger partial charge in [-0.25, -0.2) is 19.9 Å². The molecule has 122 valence electrons. The summed E-state index contributed by atoms with van der Waals surface area (Å²) in [6.07, 6.45) is 0.311. The molecule has 0 aromatic rings. The van der Waals surface area contributed by atoms with E-state index in [9.17, 15) is 14.9 Å². The second-order valence-electron chi connectivity index (χ2n) is 5.30. The lowest BCUT2D eigenvalue weighted by Gasteiger charge is -2.22. The largest absolute Gasteiger partial charge is 0.444 e. The number of carbonyl (C=O) groups is 1. The smallest absolute Gasteiger partial charge is 0.407 e. The van der Waals surface area contributed by atoms with E-state index < -0.39 is 22.8 Å². The molecule has 10 nitrogen and oxygen atoms in total. The van der Waals surface area contributed by atoms with Gasteiger partial charge in [0.05, 0.1) is 12.6 Å². The second kappa shape index (κ2) is 8.95. The van der Waals surface area contributed by atoms with Gasteiger partial charge in [0.1, 0.15) is 5.60 Å². The molecular formula is C11H23N5O5. The normalized spacial score (nSPS) is 13.4. The number of aliphatic hydroxyl groups is 1. The van der Waals surface area contributed by atoms with E-state index in [-0.39, 0.29) is 19.1 Å². The van der Waals surface area contributed by atoms with E-state index in [1.54, 1.807) is 26.2 Å². The van der Waals surface area contributed by atoms with E-state index in [0.717, 1.165) is 0 Å². The quantitative estimate of drug-likeness (QED) is 0.166.